The molecule has 3 heteroatoms. The van der Waals surface area contributed by atoms with Gasteiger partial charge in [0.25, 0.3) is 0 Å². The molecular formula is C18H23N3. The summed E-state index contributed by atoms with van der Waals surface area (Å²) in [6, 6.07) is 12.6. The normalized spacial score (nSPS) is 10.6. The fraction of sp³-hybridized carbons (Fsp3) is 0.278. The van der Waals surface area contributed by atoms with Crippen LogP contribution in [0.5, 0.6) is 0 Å². The molecule has 1 aromatic heterocycles. The first-order valence-electron chi connectivity index (χ1n) is 7.24. The highest BCUT2D eigenvalue weighted by Gasteiger charge is 2.10. The molecule has 0 aliphatic heterocycles. The van der Waals surface area contributed by atoms with E-state index in [2.05, 4.69) is 59.0 Å². The van der Waals surface area contributed by atoms with Crippen LogP contribution in [0.1, 0.15) is 16.7 Å². The van der Waals surface area contributed by atoms with E-state index in [9.17, 15) is 0 Å². The first-order valence-corrected chi connectivity index (χ1v) is 7.24. The van der Waals surface area contributed by atoms with Gasteiger partial charge in [-0.2, -0.15) is 0 Å². The van der Waals surface area contributed by atoms with Crippen molar-refractivity contribution in [2.45, 2.75) is 20.0 Å². The van der Waals surface area contributed by atoms with Gasteiger partial charge in [0.1, 0.15) is 5.82 Å². The van der Waals surface area contributed by atoms with Crippen molar-refractivity contribution in [1.29, 1.82) is 0 Å². The van der Waals surface area contributed by atoms with Gasteiger partial charge in [-0.3, -0.25) is 4.90 Å². The highest BCUT2D eigenvalue weighted by atomic mass is 15.1. The molecule has 0 atom stereocenters. The van der Waals surface area contributed by atoms with Gasteiger partial charge in [-0.1, -0.05) is 36.4 Å². The zero-order chi connectivity index (χ0) is 15.1. The topological polar surface area (TPSA) is 28.2 Å². The van der Waals surface area contributed by atoms with Gasteiger partial charge >= 0.3 is 0 Å². The second-order valence-electron chi connectivity index (χ2n) is 5.15. The number of aryl methyl sites for hydroxylation is 1. The molecule has 0 fully saturated rings. The van der Waals surface area contributed by atoms with E-state index in [0.717, 1.165) is 25.5 Å². The smallest absolute Gasteiger partial charge is 0.130 e. The van der Waals surface area contributed by atoms with Gasteiger partial charge in [-0.25, -0.2) is 4.98 Å². The van der Waals surface area contributed by atoms with E-state index in [0.29, 0.717) is 0 Å². The van der Waals surface area contributed by atoms with Crippen LogP contribution in [0.25, 0.3) is 0 Å². The summed E-state index contributed by atoms with van der Waals surface area (Å²) >= 11 is 0. The SMILES string of the molecule is C=CCN(Cc1ccccc1C)Cc1cccnc1NC. The van der Waals surface area contributed by atoms with Crippen molar-refractivity contribution in [3.05, 3.63) is 71.9 Å². The van der Waals surface area contributed by atoms with Crippen LogP contribution in [-0.4, -0.2) is 23.5 Å². The standard InChI is InChI=1S/C18H23N3/c1-4-12-21(13-16-9-6-5-8-15(16)2)14-17-10-7-11-20-18(17)19-3/h4-11H,1,12-14H2,2-3H3,(H,19,20). The molecule has 0 bridgehead atoms. The maximum Gasteiger partial charge on any atom is 0.130 e. The number of rotatable bonds is 7. The van der Waals surface area contributed by atoms with Crippen LogP contribution in [0.2, 0.25) is 0 Å². The number of aromatic nitrogens is 1. The summed E-state index contributed by atoms with van der Waals surface area (Å²) in [5, 5.41) is 3.15. The Kier molecular flexibility index (Phi) is 5.52. The monoisotopic (exact) mass is 281 g/mol. The Labute approximate surface area is 127 Å². The quantitative estimate of drug-likeness (QED) is 0.786. The van der Waals surface area contributed by atoms with Crippen LogP contribution in [0.3, 0.4) is 0 Å². The zero-order valence-corrected chi connectivity index (χ0v) is 12.8. The van der Waals surface area contributed by atoms with Crippen molar-refractivity contribution in [3.8, 4) is 0 Å². The largest absolute Gasteiger partial charge is 0.373 e. The number of nitrogens with one attached hydrogen (secondary N) is 1. The minimum atomic E-state index is 0.852. The van der Waals surface area contributed by atoms with E-state index < -0.39 is 0 Å². The minimum Gasteiger partial charge on any atom is -0.373 e. The van der Waals surface area contributed by atoms with Gasteiger partial charge in [-0.05, 0) is 24.1 Å². The number of pyridine rings is 1. The third-order valence-corrected chi connectivity index (χ3v) is 3.56. The third kappa shape index (κ3) is 4.17. The van der Waals surface area contributed by atoms with Crippen molar-refractivity contribution in [2.24, 2.45) is 0 Å². The van der Waals surface area contributed by atoms with Crippen LogP contribution >= 0.6 is 0 Å². The molecule has 0 aliphatic rings. The molecule has 2 rings (SSSR count). The summed E-state index contributed by atoms with van der Waals surface area (Å²) in [4.78, 5) is 6.74. The molecule has 2 aromatic rings. The van der Waals surface area contributed by atoms with Gasteiger partial charge in [0, 0.05) is 38.4 Å². The fourth-order valence-electron chi connectivity index (χ4n) is 2.43. The third-order valence-electron chi connectivity index (χ3n) is 3.56. The molecule has 0 saturated heterocycles. The molecular weight excluding hydrogens is 258 g/mol. The average molecular weight is 281 g/mol. The highest BCUT2D eigenvalue weighted by Crippen LogP contribution is 2.17. The number of nitrogens with zero attached hydrogens (tertiary/aromatic N) is 2. The minimum absolute atomic E-state index is 0.852. The molecule has 1 N–H and O–H groups in total. The van der Waals surface area contributed by atoms with Crippen molar-refractivity contribution < 1.29 is 0 Å². The molecule has 0 radical (unpaired) electrons. The van der Waals surface area contributed by atoms with Gasteiger partial charge in [0.15, 0.2) is 0 Å². The fourth-order valence-corrected chi connectivity index (χ4v) is 2.43. The van der Waals surface area contributed by atoms with E-state index in [1.165, 1.54) is 16.7 Å². The lowest BCUT2D eigenvalue weighted by Crippen LogP contribution is -2.24. The summed E-state index contributed by atoms with van der Waals surface area (Å²) in [6.07, 6.45) is 3.77. The maximum absolute atomic E-state index is 4.37. The lowest BCUT2D eigenvalue weighted by atomic mass is 10.1. The molecule has 1 aromatic carbocycles. The Hall–Kier alpha value is -2.13. The molecule has 21 heavy (non-hydrogen) atoms. The summed E-state index contributed by atoms with van der Waals surface area (Å²) in [6.45, 7) is 8.65. The van der Waals surface area contributed by atoms with E-state index in [1.54, 1.807) is 0 Å². The molecule has 1 heterocycles. The Morgan fingerprint density at radius 3 is 2.57 bits per heavy atom. The number of anilines is 1. The molecule has 0 amide bonds. The predicted molar refractivity (Wildman–Crippen MR) is 89.3 cm³/mol. The van der Waals surface area contributed by atoms with Crippen molar-refractivity contribution >= 4 is 5.82 Å². The van der Waals surface area contributed by atoms with E-state index in [4.69, 9.17) is 0 Å². The summed E-state index contributed by atoms with van der Waals surface area (Å²) in [5.41, 5.74) is 3.89. The molecule has 0 saturated carbocycles. The van der Waals surface area contributed by atoms with Crippen LogP contribution in [0.15, 0.2) is 55.3 Å². The maximum atomic E-state index is 4.37. The van der Waals surface area contributed by atoms with Crippen LogP contribution in [0.4, 0.5) is 5.82 Å². The molecule has 0 unspecified atom stereocenters. The summed E-state index contributed by atoms with van der Waals surface area (Å²) in [7, 11) is 1.91. The first-order chi connectivity index (χ1) is 10.2. The van der Waals surface area contributed by atoms with Gasteiger partial charge in [0.05, 0.1) is 0 Å². The Morgan fingerprint density at radius 2 is 1.86 bits per heavy atom. The van der Waals surface area contributed by atoms with Crippen LogP contribution in [-0.2, 0) is 13.1 Å². The number of hydrogen-bond acceptors (Lipinski definition) is 3. The molecule has 110 valence electrons. The lowest BCUT2D eigenvalue weighted by molar-refractivity contribution is 0.286. The second-order valence-corrected chi connectivity index (χ2v) is 5.15. The number of hydrogen-bond donors (Lipinski definition) is 1. The van der Waals surface area contributed by atoms with Gasteiger partial charge in [0.2, 0.25) is 0 Å². The Morgan fingerprint density at radius 1 is 1.14 bits per heavy atom. The van der Waals surface area contributed by atoms with Crippen LogP contribution < -0.4 is 5.32 Å². The lowest BCUT2D eigenvalue weighted by Gasteiger charge is -2.22. The predicted octanol–water partition coefficient (Wildman–Crippen LogP) is 3.62. The highest BCUT2D eigenvalue weighted by molar-refractivity contribution is 5.42. The average Bonchev–Trinajstić information content (AvgIpc) is 2.50. The molecule has 0 aliphatic carbocycles. The van der Waals surface area contributed by atoms with Crippen molar-refractivity contribution in [1.82, 2.24) is 9.88 Å². The Bertz CT molecular complexity index is 593. The second kappa shape index (κ2) is 7.60. The molecule has 3 nitrogen and oxygen atoms in total. The van der Waals surface area contributed by atoms with Gasteiger partial charge in [-0.15, -0.1) is 6.58 Å². The molecule has 0 spiro atoms. The van der Waals surface area contributed by atoms with E-state index in [-0.39, 0.29) is 0 Å². The summed E-state index contributed by atoms with van der Waals surface area (Å²) < 4.78 is 0. The zero-order valence-electron chi connectivity index (χ0n) is 12.8. The van der Waals surface area contributed by atoms with Crippen LogP contribution in [0, 0.1) is 6.92 Å². The van der Waals surface area contributed by atoms with Crippen molar-refractivity contribution in [3.63, 3.8) is 0 Å². The summed E-state index contributed by atoms with van der Waals surface area (Å²) in [5.74, 6) is 0.941. The first kappa shape index (κ1) is 15.3. The van der Waals surface area contributed by atoms with Crippen molar-refractivity contribution in [2.75, 3.05) is 18.9 Å². The van der Waals surface area contributed by atoms with Gasteiger partial charge < -0.3 is 5.32 Å². The van der Waals surface area contributed by atoms with E-state index in [1.807, 2.05) is 25.4 Å². The Balaban J connectivity index is 2.16. The van der Waals surface area contributed by atoms with E-state index >= 15 is 0 Å². The number of benzene rings is 1.